The number of rotatable bonds is 4. The molecular weight excluding hydrogens is 194 g/mol. The van der Waals surface area contributed by atoms with Crippen LogP contribution in [0.4, 0.5) is 0 Å². The fourth-order valence-corrected chi connectivity index (χ4v) is 1.18. The van der Waals surface area contributed by atoms with Gasteiger partial charge in [-0.1, -0.05) is 6.58 Å². The first-order valence-corrected chi connectivity index (χ1v) is 5.21. The third-order valence-corrected chi connectivity index (χ3v) is 2.09. The molecule has 0 rings (SSSR count). The Morgan fingerprint density at radius 1 is 1.54 bits per heavy atom. The van der Waals surface area contributed by atoms with E-state index < -0.39 is 15.9 Å². The zero-order chi connectivity index (χ0) is 10.6. The number of nitrogens with zero attached hydrogens (tertiary/aromatic N) is 1. The molecule has 76 valence electrons. The van der Waals surface area contributed by atoms with Crippen LogP contribution in [0.3, 0.4) is 0 Å². The van der Waals surface area contributed by atoms with E-state index in [1.807, 2.05) is 0 Å². The van der Waals surface area contributed by atoms with Gasteiger partial charge in [0.05, 0.1) is 5.75 Å². The van der Waals surface area contributed by atoms with Gasteiger partial charge in [0.25, 0.3) is 10.1 Å². The van der Waals surface area contributed by atoms with Crippen molar-refractivity contribution in [2.24, 2.45) is 0 Å². The number of amides is 1. The minimum absolute atomic E-state index is 0.0372. The van der Waals surface area contributed by atoms with Crippen LogP contribution in [0.25, 0.3) is 0 Å². The van der Waals surface area contributed by atoms with Crippen LogP contribution in [0.5, 0.6) is 0 Å². The van der Waals surface area contributed by atoms with E-state index in [9.17, 15) is 13.2 Å². The zero-order valence-electron chi connectivity index (χ0n) is 7.65. The van der Waals surface area contributed by atoms with E-state index >= 15 is 0 Å². The number of hydrogen-bond donors (Lipinski definition) is 1. The summed E-state index contributed by atoms with van der Waals surface area (Å²) < 4.78 is 29.0. The Hall–Kier alpha value is -0.880. The molecule has 0 aliphatic carbocycles. The second kappa shape index (κ2) is 4.38. The van der Waals surface area contributed by atoms with Crippen LogP contribution in [0, 0.1) is 0 Å². The summed E-state index contributed by atoms with van der Waals surface area (Å²) >= 11 is 0. The summed E-state index contributed by atoms with van der Waals surface area (Å²) in [7, 11) is -2.56. The van der Waals surface area contributed by atoms with Gasteiger partial charge < -0.3 is 4.90 Å². The van der Waals surface area contributed by atoms with Crippen molar-refractivity contribution in [3.05, 3.63) is 12.2 Å². The van der Waals surface area contributed by atoms with E-state index in [2.05, 4.69) is 6.58 Å². The Morgan fingerprint density at radius 2 is 2.00 bits per heavy atom. The molecule has 13 heavy (non-hydrogen) atoms. The quantitative estimate of drug-likeness (QED) is 0.516. The molecule has 6 heteroatoms. The van der Waals surface area contributed by atoms with Crippen molar-refractivity contribution in [3.63, 3.8) is 0 Å². The van der Waals surface area contributed by atoms with Gasteiger partial charge in [0.1, 0.15) is 0 Å². The molecule has 0 unspecified atom stereocenters. The lowest BCUT2D eigenvalue weighted by molar-refractivity contribution is -0.125. The fourth-order valence-electron chi connectivity index (χ4n) is 0.680. The topological polar surface area (TPSA) is 74.7 Å². The predicted molar refractivity (Wildman–Crippen MR) is 48.9 cm³/mol. The molecule has 1 N–H and O–H groups in total. The molecule has 5 nitrogen and oxygen atoms in total. The Kier molecular flexibility index (Phi) is 4.09. The maximum Gasteiger partial charge on any atom is 0.266 e. The second-order valence-electron chi connectivity index (χ2n) is 2.79. The van der Waals surface area contributed by atoms with Gasteiger partial charge in [-0.2, -0.15) is 8.42 Å². The van der Waals surface area contributed by atoms with E-state index in [1.54, 1.807) is 0 Å². The normalized spacial score (nSPS) is 11.0. The van der Waals surface area contributed by atoms with Crippen LogP contribution in [-0.2, 0) is 14.9 Å². The molecule has 0 radical (unpaired) electrons. The standard InChI is InChI=1S/C7H13NO4S/c1-6(2)7(9)8(3)4-5-13(10,11)12/h1,4-5H2,2-3H3,(H,10,11,12). The fraction of sp³-hybridized carbons (Fsp3) is 0.571. The van der Waals surface area contributed by atoms with Crippen LogP contribution in [0.2, 0.25) is 0 Å². The summed E-state index contributed by atoms with van der Waals surface area (Å²) in [6.45, 7) is 4.91. The molecular formula is C7H13NO4S. The summed E-state index contributed by atoms with van der Waals surface area (Å²) in [5.41, 5.74) is 0.331. The Labute approximate surface area is 77.8 Å². The van der Waals surface area contributed by atoms with Crippen molar-refractivity contribution in [2.75, 3.05) is 19.3 Å². The molecule has 0 aromatic rings. The van der Waals surface area contributed by atoms with Crippen molar-refractivity contribution < 1.29 is 17.8 Å². The summed E-state index contributed by atoms with van der Waals surface area (Å²) in [4.78, 5) is 12.3. The van der Waals surface area contributed by atoms with Gasteiger partial charge in [-0.05, 0) is 6.92 Å². The first-order valence-electron chi connectivity index (χ1n) is 3.60. The van der Waals surface area contributed by atoms with Gasteiger partial charge in [0.2, 0.25) is 5.91 Å². The maximum atomic E-state index is 11.1. The molecule has 0 aromatic carbocycles. The Bertz CT molecular complexity index is 306. The molecule has 0 saturated carbocycles. The Morgan fingerprint density at radius 3 is 2.31 bits per heavy atom. The number of carbonyl (C=O) groups excluding carboxylic acids is 1. The van der Waals surface area contributed by atoms with Gasteiger partial charge in [-0.25, -0.2) is 0 Å². The lowest BCUT2D eigenvalue weighted by atomic mass is 10.3. The molecule has 1 amide bonds. The number of carbonyl (C=O) groups is 1. The summed E-state index contributed by atoms with van der Waals surface area (Å²) in [6, 6.07) is 0. The first kappa shape index (κ1) is 12.1. The van der Waals surface area contributed by atoms with Gasteiger partial charge in [-0.15, -0.1) is 0 Å². The largest absolute Gasteiger partial charge is 0.341 e. The minimum Gasteiger partial charge on any atom is -0.341 e. The highest BCUT2D eigenvalue weighted by atomic mass is 32.2. The highest BCUT2D eigenvalue weighted by molar-refractivity contribution is 7.85. The number of hydrogen-bond acceptors (Lipinski definition) is 3. The predicted octanol–water partition coefficient (Wildman–Crippen LogP) is -0.0913. The van der Waals surface area contributed by atoms with Crippen molar-refractivity contribution >= 4 is 16.0 Å². The lowest BCUT2D eigenvalue weighted by Crippen LogP contribution is -2.31. The van der Waals surface area contributed by atoms with E-state index in [0.29, 0.717) is 5.57 Å². The minimum atomic E-state index is -4.00. The molecule has 0 bridgehead atoms. The van der Waals surface area contributed by atoms with E-state index in [-0.39, 0.29) is 12.5 Å². The summed E-state index contributed by atoms with van der Waals surface area (Å²) in [5.74, 6) is -0.786. The molecule has 0 atom stereocenters. The zero-order valence-corrected chi connectivity index (χ0v) is 8.47. The molecule has 0 aliphatic heterocycles. The van der Waals surface area contributed by atoms with Crippen molar-refractivity contribution in [3.8, 4) is 0 Å². The highest BCUT2D eigenvalue weighted by Gasteiger charge is 2.12. The average molecular weight is 207 g/mol. The summed E-state index contributed by atoms with van der Waals surface area (Å²) in [6.07, 6.45) is 0. The van der Waals surface area contributed by atoms with Gasteiger partial charge in [0.15, 0.2) is 0 Å². The van der Waals surface area contributed by atoms with E-state index in [1.165, 1.54) is 18.9 Å². The van der Waals surface area contributed by atoms with Crippen LogP contribution in [0.15, 0.2) is 12.2 Å². The van der Waals surface area contributed by atoms with Crippen molar-refractivity contribution in [1.29, 1.82) is 0 Å². The van der Waals surface area contributed by atoms with E-state index in [0.717, 1.165) is 0 Å². The highest BCUT2D eigenvalue weighted by Crippen LogP contribution is 1.96. The van der Waals surface area contributed by atoms with Gasteiger partial charge >= 0.3 is 0 Å². The van der Waals surface area contributed by atoms with Crippen molar-refractivity contribution in [1.82, 2.24) is 4.90 Å². The molecule has 0 fully saturated rings. The van der Waals surface area contributed by atoms with Gasteiger partial charge in [-0.3, -0.25) is 9.35 Å². The lowest BCUT2D eigenvalue weighted by Gasteiger charge is -2.15. The average Bonchev–Trinajstić information content (AvgIpc) is 1.97. The maximum absolute atomic E-state index is 11.1. The SMILES string of the molecule is C=C(C)C(=O)N(C)CCS(=O)(=O)O. The van der Waals surface area contributed by atoms with Crippen LogP contribution in [0.1, 0.15) is 6.92 Å². The molecule has 0 aromatic heterocycles. The molecule has 0 heterocycles. The van der Waals surface area contributed by atoms with E-state index in [4.69, 9.17) is 4.55 Å². The molecule has 0 spiro atoms. The van der Waals surface area contributed by atoms with Crippen LogP contribution >= 0.6 is 0 Å². The third-order valence-electron chi connectivity index (χ3n) is 1.40. The Balaban J connectivity index is 4.10. The van der Waals surface area contributed by atoms with Crippen LogP contribution in [-0.4, -0.2) is 43.1 Å². The van der Waals surface area contributed by atoms with Crippen LogP contribution < -0.4 is 0 Å². The molecule has 0 saturated heterocycles. The summed E-state index contributed by atoms with van der Waals surface area (Å²) in [5, 5.41) is 0. The second-order valence-corrected chi connectivity index (χ2v) is 4.37. The number of likely N-dealkylation sites (N-methyl/N-ethyl adjacent to an activating group) is 1. The molecule has 0 aliphatic rings. The smallest absolute Gasteiger partial charge is 0.266 e. The first-order chi connectivity index (χ1) is 5.74. The third kappa shape index (κ3) is 5.37. The van der Waals surface area contributed by atoms with Crippen molar-refractivity contribution in [2.45, 2.75) is 6.92 Å². The monoisotopic (exact) mass is 207 g/mol. The van der Waals surface area contributed by atoms with Gasteiger partial charge in [0, 0.05) is 19.2 Å².